The van der Waals surface area contributed by atoms with Crippen LogP contribution in [0, 0.1) is 5.92 Å². The summed E-state index contributed by atoms with van der Waals surface area (Å²) < 4.78 is 0. The van der Waals surface area contributed by atoms with Crippen molar-refractivity contribution < 1.29 is 14.7 Å². The highest BCUT2D eigenvalue weighted by molar-refractivity contribution is 5.86. The van der Waals surface area contributed by atoms with Gasteiger partial charge in [0.05, 0.1) is 12.5 Å². The van der Waals surface area contributed by atoms with Gasteiger partial charge in [0.15, 0.2) is 0 Å². The van der Waals surface area contributed by atoms with Crippen LogP contribution in [-0.4, -0.2) is 29.1 Å². The van der Waals surface area contributed by atoms with Gasteiger partial charge in [0.1, 0.15) is 0 Å². The molecule has 0 aliphatic rings. The molecule has 15 heavy (non-hydrogen) atoms. The molecule has 0 aromatic heterocycles. The lowest BCUT2D eigenvalue weighted by Gasteiger charge is -2.18. The summed E-state index contributed by atoms with van der Waals surface area (Å²) in [6.45, 7) is 5.99. The summed E-state index contributed by atoms with van der Waals surface area (Å²) >= 11 is 0. The van der Waals surface area contributed by atoms with Crippen LogP contribution in [0.15, 0.2) is 0 Å². The zero-order valence-electron chi connectivity index (χ0n) is 9.49. The molecule has 0 aliphatic heterocycles. The summed E-state index contributed by atoms with van der Waals surface area (Å²) in [7, 11) is 0. The molecule has 0 bridgehead atoms. The van der Waals surface area contributed by atoms with E-state index in [2.05, 4.69) is 19.2 Å². The maximum absolute atomic E-state index is 11.4. The standard InChI is InChI=1S/C10H20N2O3/c1-6(2)4-7(3)12-10(15)8(11)5-9(13)14/h6-8H,4-5,11H2,1-3H3,(H,12,15)(H,13,14)/t7-,8-/m0/s1. The van der Waals surface area contributed by atoms with Gasteiger partial charge in [-0.05, 0) is 19.3 Å². The Hall–Kier alpha value is -1.10. The van der Waals surface area contributed by atoms with Gasteiger partial charge in [-0.2, -0.15) is 0 Å². The minimum Gasteiger partial charge on any atom is -0.481 e. The zero-order valence-corrected chi connectivity index (χ0v) is 9.49. The van der Waals surface area contributed by atoms with Crippen molar-refractivity contribution in [3.63, 3.8) is 0 Å². The van der Waals surface area contributed by atoms with Crippen molar-refractivity contribution in [1.29, 1.82) is 0 Å². The van der Waals surface area contributed by atoms with Crippen LogP contribution in [0.4, 0.5) is 0 Å². The Balaban J connectivity index is 3.95. The largest absolute Gasteiger partial charge is 0.481 e. The van der Waals surface area contributed by atoms with Crippen LogP contribution >= 0.6 is 0 Å². The van der Waals surface area contributed by atoms with Crippen molar-refractivity contribution in [2.75, 3.05) is 0 Å². The van der Waals surface area contributed by atoms with Crippen LogP contribution < -0.4 is 11.1 Å². The molecule has 0 saturated heterocycles. The zero-order chi connectivity index (χ0) is 12.0. The molecule has 0 rings (SSSR count). The topological polar surface area (TPSA) is 92.4 Å². The van der Waals surface area contributed by atoms with E-state index in [1.54, 1.807) is 0 Å². The van der Waals surface area contributed by atoms with Gasteiger partial charge in [-0.25, -0.2) is 0 Å². The number of hydrogen-bond acceptors (Lipinski definition) is 3. The lowest BCUT2D eigenvalue weighted by Crippen LogP contribution is -2.45. The molecule has 0 aliphatic carbocycles. The average molecular weight is 216 g/mol. The maximum atomic E-state index is 11.4. The minimum absolute atomic E-state index is 0.0253. The van der Waals surface area contributed by atoms with E-state index in [0.717, 1.165) is 6.42 Å². The van der Waals surface area contributed by atoms with Crippen molar-refractivity contribution in [2.45, 2.75) is 45.7 Å². The molecule has 88 valence electrons. The first-order valence-corrected chi connectivity index (χ1v) is 5.10. The first kappa shape index (κ1) is 13.9. The molecule has 4 N–H and O–H groups in total. The first-order valence-electron chi connectivity index (χ1n) is 5.10. The van der Waals surface area contributed by atoms with Crippen molar-refractivity contribution in [3.05, 3.63) is 0 Å². The number of rotatable bonds is 6. The van der Waals surface area contributed by atoms with Crippen molar-refractivity contribution in [2.24, 2.45) is 11.7 Å². The quantitative estimate of drug-likeness (QED) is 0.597. The van der Waals surface area contributed by atoms with Crippen LogP contribution in [0.2, 0.25) is 0 Å². The Kier molecular flexibility index (Phi) is 5.93. The number of nitrogens with one attached hydrogen (secondary N) is 1. The third-order valence-electron chi connectivity index (χ3n) is 1.94. The van der Waals surface area contributed by atoms with E-state index in [1.165, 1.54) is 0 Å². The molecule has 0 fully saturated rings. The number of hydrogen-bond donors (Lipinski definition) is 3. The van der Waals surface area contributed by atoms with E-state index in [4.69, 9.17) is 10.8 Å². The fourth-order valence-electron chi connectivity index (χ4n) is 1.40. The predicted molar refractivity (Wildman–Crippen MR) is 57.3 cm³/mol. The fourth-order valence-corrected chi connectivity index (χ4v) is 1.40. The monoisotopic (exact) mass is 216 g/mol. The second-order valence-electron chi connectivity index (χ2n) is 4.24. The van der Waals surface area contributed by atoms with Gasteiger partial charge in [0.2, 0.25) is 5.91 Å². The van der Waals surface area contributed by atoms with Crippen LogP contribution in [-0.2, 0) is 9.59 Å². The molecule has 0 spiro atoms. The number of carbonyl (C=O) groups excluding carboxylic acids is 1. The summed E-state index contributed by atoms with van der Waals surface area (Å²) in [6.07, 6.45) is 0.520. The van der Waals surface area contributed by atoms with E-state index in [-0.39, 0.29) is 12.5 Å². The van der Waals surface area contributed by atoms with E-state index in [9.17, 15) is 9.59 Å². The third-order valence-corrected chi connectivity index (χ3v) is 1.94. The molecule has 0 radical (unpaired) electrons. The van der Waals surface area contributed by atoms with Gasteiger partial charge in [-0.1, -0.05) is 13.8 Å². The molecule has 0 heterocycles. The number of aliphatic carboxylic acids is 1. The number of carboxylic acid groups (broad SMARTS) is 1. The number of carboxylic acids is 1. The highest BCUT2D eigenvalue weighted by Gasteiger charge is 2.18. The highest BCUT2D eigenvalue weighted by atomic mass is 16.4. The van der Waals surface area contributed by atoms with Gasteiger partial charge in [0.25, 0.3) is 0 Å². The van der Waals surface area contributed by atoms with Gasteiger partial charge in [-0.15, -0.1) is 0 Å². The van der Waals surface area contributed by atoms with Crippen LogP contribution in [0.25, 0.3) is 0 Å². The number of carbonyl (C=O) groups is 2. The second kappa shape index (κ2) is 6.40. The molecule has 0 aromatic carbocycles. The lowest BCUT2D eigenvalue weighted by molar-refractivity contribution is -0.139. The van der Waals surface area contributed by atoms with Gasteiger partial charge in [-0.3, -0.25) is 9.59 Å². The summed E-state index contributed by atoms with van der Waals surface area (Å²) in [5, 5.41) is 11.1. The summed E-state index contributed by atoms with van der Waals surface area (Å²) in [4.78, 5) is 21.7. The van der Waals surface area contributed by atoms with Crippen molar-refractivity contribution in [3.8, 4) is 0 Å². The number of amides is 1. The Morgan fingerprint density at radius 1 is 1.33 bits per heavy atom. The maximum Gasteiger partial charge on any atom is 0.305 e. The predicted octanol–water partition coefficient (Wildman–Crippen LogP) is 0.339. The Labute approximate surface area is 90.0 Å². The minimum atomic E-state index is -1.06. The molecule has 0 saturated carbocycles. The highest BCUT2D eigenvalue weighted by Crippen LogP contribution is 2.04. The Morgan fingerprint density at radius 2 is 1.87 bits per heavy atom. The molecule has 5 heteroatoms. The molecule has 0 aromatic rings. The fraction of sp³-hybridized carbons (Fsp3) is 0.800. The summed E-state index contributed by atoms with van der Waals surface area (Å²) in [5.41, 5.74) is 5.40. The normalized spacial score (nSPS) is 14.7. The third kappa shape index (κ3) is 6.90. The van der Waals surface area contributed by atoms with Gasteiger partial charge in [0, 0.05) is 6.04 Å². The molecule has 2 atom stereocenters. The van der Waals surface area contributed by atoms with E-state index < -0.39 is 17.9 Å². The molecule has 1 amide bonds. The Morgan fingerprint density at radius 3 is 2.27 bits per heavy atom. The first-order chi connectivity index (χ1) is 6.82. The molecule has 5 nitrogen and oxygen atoms in total. The smallest absolute Gasteiger partial charge is 0.305 e. The lowest BCUT2D eigenvalue weighted by atomic mass is 10.0. The van der Waals surface area contributed by atoms with Crippen molar-refractivity contribution >= 4 is 11.9 Å². The Bertz CT molecular complexity index is 229. The average Bonchev–Trinajstić information content (AvgIpc) is 2.00. The van der Waals surface area contributed by atoms with E-state index in [0.29, 0.717) is 5.92 Å². The van der Waals surface area contributed by atoms with Gasteiger partial charge >= 0.3 is 5.97 Å². The summed E-state index contributed by atoms with van der Waals surface area (Å²) in [5.74, 6) is -0.976. The second-order valence-corrected chi connectivity index (χ2v) is 4.24. The van der Waals surface area contributed by atoms with Crippen molar-refractivity contribution in [1.82, 2.24) is 5.32 Å². The van der Waals surface area contributed by atoms with Crippen LogP contribution in [0.5, 0.6) is 0 Å². The number of nitrogens with two attached hydrogens (primary N) is 1. The van der Waals surface area contributed by atoms with Crippen LogP contribution in [0.1, 0.15) is 33.6 Å². The van der Waals surface area contributed by atoms with E-state index >= 15 is 0 Å². The van der Waals surface area contributed by atoms with E-state index in [1.807, 2.05) is 6.92 Å². The summed E-state index contributed by atoms with van der Waals surface area (Å²) in [6, 6.07) is -0.936. The van der Waals surface area contributed by atoms with Crippen LogP contribution in [0.3, 0.4) is 0 Å². The molecular weight excluding hydrogens is 196 g/mol. The molecular formula is C10H20N2O3. The molecule has 0 unspecified atom stereocenters. The SMILES string of the molecule is CC(C)C[C@H](C)NC(=O)[C@@H](N)CC(=O)O. The van der Waals surface area contributed by atoms with Gasteiger partial charge < -0.3 is 16.2 Å².